The Bertz CT molecular complexity index is 1090. The third-order valence-electron chi connectivity index (χ3n) is 5.01. The topological polar surface area (TPSA) is 74.8 Å². The summed E-state index contributed by atoms with van der Waals surface area (Å²) < 4.78 is 13.9. The van der Waals surface area contributed by atoms with Crippen LogP contribution < -0.4 is 10.9 Å². The molecule has 1 amide bonds. The van der Waals surface area contributed by atoms with Crippen LogP contribution in [0.5, 0.6) is 0 Å². The molecule has 0 aliphatic carbocycles. The molecule has 0 saturated carbocycles. The van der Waals surface area contributed by atoms with Gasteiger partial charge in [0.2, 0.25) is 5.91 Å². The van der Waals surface area contributed by atoms with Gasteiger partial charge in [-0.15, -0.1) is 0 Å². The van der Waals surface area contributed by atoms with Crippen molar-refractivity contribution in [1.82, 2.24) is 15.3 Å². The second-order valence-corrected chi connectivity index (χ2v) is 6.85. The maximum absolute atomic E-state index is 13.9. The zero-order valence-electron chi connectivity index (χ0n) is 15.8. The van der Waals surface area contributed by atoms with E-state index in [0.717, 1.165) is 11.1 Å². The van der Waals surface area contributed by atoms with Crippen molar-refractivity contribution in [3.8, 4) is 0 Å². The second kappa shape index (κ2) is 7.31. The number of nitrogens with zero attached hydrogens (tertiary/aromatic N) is 1. The number of benzene rings is 1. The molecule has 0 radical (unpaired) electrons. The summed E-state index contributed by atoms with van der Waals surface area (Å²) >= 11 is 0. The summed E-state index contributed by atoms with van der Waals surface area (Å²) in [5.41, 5.74) is 3.64. The first kappa shape index (κ1) is 18.8. The van der Waals surface area contributed by atoms with Crippen molar-refractivity contribution >= 4 is 16.8 Å². The van der Waals surface area contributed by atoms with Crippen LogP contribution in [0.1, 0.15) is 40.8 Å². The largest absolute Gasteiger partial charge is 0.349 e. The Balaban J connectivity index is 1.90. The molecular weight excluding hydrogens is 345 g/mol. The summed E-state index contributed by atoms with van der Waals surface area (Å²) in [6, 6.07) is 4.53. The zero-order valence-corrected chi connectivity index (χ0v) is 15.8. The van der Waals surface area contributed by atoms with Crippen molar-refractivity contribution in [3.05, 3.63) is 74.6 Å². The van der Waals surface area contributed by atoms with Gasteiger partial charge in [0.25, 0.3) is 5.56 Å². The van der Waals surface area contributed by atoms with Crippen LogP contribution in [0.4, 0.5) is 4.39 Å². The van der Waals surface area contributed by atoms with Crippen molar-refractivity contribution in [3.63, 3.8) is 0 Å². The zero-order chi connectivity index (χ0) is 19.7. The van der Waals surface area contributed by atoms with Gasteiger partial charge in [-0.3, -0.25) is 14.6 Å². The minimum atomic E-state index is -0.339. The Kier molecular flexibility index (Phi) is 5.08. The summed E-state index contributed by atoms with van der Waals surface area (Å²) in [4.78, 5) is 31.8. The van der Waals surface area contributed by atoms with Crippen molar-refractivity contribution in [2.45, 2.75) is 40.2 Å². The van der Waals surface area contributed by atoms with E-state index in [4.69, 9.17) is 0 Å². The standard InChI is InChI=1S/C21H22FN3O2/c1-11-7-8-23-10-16(11)14(4)24-19(26)9-15-12(2)20-13(3)17(22)5-6-18(20)25-21(15)27/h5-8,10,14H,9H2,1-4H3,(H,24,26)(H,25,27)/t14-/m0/s1. The van der Waals surface area contributed by atoms with Gasteiger partial charge >= 0.3 is 0 Å². The molecule has 6 heteroatoms. The van der Waals surface area contributed by atoms with E-state index in [9.17, 15) is 14.0 Å². The number of hydrogen-bond acceptors (Lipinski definition) is 3. The van der Waals surface area contributed by atoms with Gasteiger partial charge in [0.15, 0.2) is 0 Å². The molecule has 2 aromatic heterocycles. The molecule has 0 fully saturated rings. The highest BCUT2D eigenvalue weighted by Gasteiger charge is 2.18. The van der Waals surface area contributed by atoms with E-state index in [2.05, 4.69) is 15.3 Å². The van der Waals surface area contributed by atoms with Crippen molar-refractivity contribution in [1.29, 1.82) is 0 Å². The monoisotopic (exact) mass is 367 g/mol. The lowest BCUT2D eigenvalue weighted by atomic mass is 9.98. The number of H-pyrrole nitrogens is 1. The van der Waals surface area contributed by atoms with Crippen LogP contribution in [0.3, 0.4) is 0 Å². The quantitative estimate of drug-likeness (QED) is 0.742. The number of nitrogens with one attached hydrogen (secondary N) is 2. The van der Waals surface area contributed by atoms with Crippen LogP contribution in [0.15, 0.2) is 35.4 Å². The van der Waals surface area contributed by atoms with Crippen LogP contribution in [-0.2, 0) is 11.2 Å². The Morgan fingerprint density at radius 1 is 1.22 bits per heavy atom. The summed E-state index contributed by atoms with van der Waals surface area (Å²) in [5, 5.41) is 3.56. The molecule has 0 aliphatic heterocycles. The lowest BCUT2D eigenvalue weighted by molar-refractivity contribution is -0.121. The predicted molar refractivity (Wildman–Crippen MR) is 103 cm³/mol. The number of aromatic amines is 1. The van der Waals surface area contributed by atoms with Gasteiger partial charge in [0, 0.05) is 28.9 Å². The number of hydrogen-bond donors (Lipinski definition) is 2. The Hall–Kier alpha value is -3.02. The Morgan fingerprint density at radius 2 is 1.96 bits per heavy atom. The van der Waals surface area contributed by atoms with E-state index in [1.54, 1.807) is 32.3 Å². The SMILES string of the molecule is Cc1ccncc1[C@H](C)NC(=O)Cc1c(C)c2c(C)c(F)ccc2[nH]c1=O. The molecule has 3 aromatic rings. The molecule has 0 bridgehead atoms. The first-order valence-electron chi connectivity index (χ1n) is 8.80. The molecule has 0 saturated heterocycles. The highest BCUT2D eigenvalue weighted by molar-refractivity contribution is 5.88. The van der Waals surface area contributed by atoms with Gasteiger partial charge in [0.1, 0.15) is 5.82 Å². The third-order valence-corrected chi connectivity index (χ3v) is 5.01. The molecule has 2 N–H and O–H groups in total. The maximum atomic E-state index is 13.9. The molecule has 27 heavy (non-hydrogen) atoms. The van der Waals surface area contributed by atoms with Gasteiger partial charge in [-0.1, -0.05) is 0 Å². The average molecular weight is 367 g/mol. The second-order valence-electron chi connectivity index (χ2n) is 6.85. The Labute approximate surface area is 156 Å². The van der Waals surface area contributed by atoms with Crippen LogP contribution >= 0.6 is 0 Å². The molecule has 1 atom stereocenters. The molecule has 3 rings (SSSR count). The van der Waals surface area contributed by atoms with Crippen LogP contribution in [-0.4, -0.2) is 15.9 Å². The first-order chi connectivity index (χ1) is 12.8. The van der Waals surface area contributed by atoms with Gasteiger partial charge in [-0.25, -0.2) is 4.39 Å². The highest BCUT2D eigenvalue weighted by Crippen LogP contribution is 2.24. The summed E-state index contributed by atoms with van der Waals surface area (Å²) in [6.45, 7) is 7.25. The molecule has 0 spiro atoms. The van der Waals surface area contributed by atoms with Gasteiger partial charge in [0.05, 0.1) is 12.5 Å². The fourth-order valence-electron chi connectivity index (χ4n) is 3.47. The lowest BCUT2D eigenvalue weighted by Crippen LogP contribution is -2.31. The summed E-state index contributed by atoms with van der Waals surface area (Å²) in [7, 11) is 0. The van der Waals surface area contributed by atoms with E-state index in [1.807, 2.05) is 19.9 Å². The maximum Gasteiger partial charge on any atom is 0.252 e. The number of carbonyl (C=O) groups excluding carboxylic acids is 1. The number of aryl methyl sites for hydroxylation is 3. The first-order valence-corrected chi connectivity index (χ1v) is 8.80. The van der Waals surface area contributed by atoms with Crippen LogP contribution in [0.2, 0.25) is 0 Å². The van der Waals surface area contributed by atoms with Gasteiger partial charge in [-0.05, 0) is 68.1 Å². The minimum absolute atomic E-state index is 0.0727. The van der Waals surface area contributed by atoms with Crippen LogP contribution in [0, 0.1) is 26.6 Å². The fourth-order valence-corrected chi connectivity index (χ4v) is 3.47. The van der Waals surface area contributed by atoms with E-state index >= 15 is 0 Å². The predicted octanol–water partition coefficient (Wildman–Crippen LogP) is 3.41. The number of amides is 1. The normalized spacial score (nSPS) is 12.2. The van der Waals surface area contributed by atoms with E-state index in [1.165, 1.54) is 6.07 Å². The van der Waals surface area contributed by atoms with Gasteiger partial charge < -0.3 is 10.3 Å². The molecule has 5 nitrogen and oxygen atoms in total. The Morgan fingerprint density at radius 3 is 2.67 bits per heavy atom. The third kappa shape index (κ3) is 3.60. The average Bonchev–Trinajstić information content (AvgIpc) is 2.62. The van der Waals surface area contributed by atoms with Crippen LogP contribution in [0.25, 0.3) is 10.9 Å². The van der Waals surface area contributed by atoms with Gasteiger partial charge in [-0.2, -0.15) is 0 Å². The minimum Gasteiger partial charge on any atom is -0.349 e. The number of rotatable bonds is 4. The summed E-state index contributed by atoms with van der Waals surface area (Å²) in [5.74, 6) is -0.610. The number of halogens is 1. The molecule has 1 aromatic carbocycles. The van der Waals surface area contributed by atoms with Crippen molar-refractivity contribution < 1.29 is 9.18 Å². The van der Waals surface area contributed by atoms with E-state index in [-0.39, 0.29) is 29.7 Å². The smallest absolute Gasteiger partial charge is 0.252 e. The molecule has 0 aliphatic rings. The molecular formula is C21H22FN3O2. The van der Waals surface area contributed by atoms with E-state index in [0.29, 0.717) is 27.6 Å². The molecule has 2 heterocycles. The number of carbonyl (C=O) groups is 1. The summed E-state index contributed by atoms with van der Waals surface area (Å²) in [6.07, 6.45) is 3.35. The lowest BCUT2D eigenvalue weighted by Gasteiger charge is -2.17. The number of aromatic nitrogens is 2. The van der Waals surface area contributed by atoms with Crippen molar-refractivity contribution in [2.75, 3.05) is 0 Å². The number of fused-ring (bicyclic) bond motifs is 1. The molecule has 140 valence electrons. The number of pyridine rings is 2. The fraction of sp³-hybridized carbons (Fsp3) is 0.286. The molecule has 0 unspecified atom stereocenters. The van der Waals surface area contributed by atoms with E-state index < -0.39 is 0 Å². The van der Waals surface area contributed by atoms with Crippen molar-refractivity contribution in [2.24, 2.45) is 0 Å². The highest BCUT2D eigenvalue weighted by atomic mass is 19.1.